The van der Waals surface area contributed by atoms with Crippen LogP contribution in [0.5, 0.6) is 5.75 Å². The minimum Gasteiger partial charge on any atom is -0.508 e. The molecule has 4 N–H and O–H groups in total. The normalized spacial score (nSPS) is 9.87. The lowest BCUT2D eigenvalue weighted by atomic mass is 10.3. The van der Waals surface area contributed by atoms with Crippen LogP contribution < -0.4 is 11.1 Å². The Morgan fingerprint density at radius 3 is 2.87 bits per heavy atom. The maximum absolute atomic E-state index is 9.25. The summed E-state index contributed by atoms with van der Waals surface area (Å²) in [4.78, 5) is 7.75. The van der Waals surface area contributed by atoms with Crippen molar-refractivity contribution in [1.82, 2.24) is 9.97 Å². The molecule has 0 fully saturated rings. The molecule has 15 heavy (non-hydrogen) atoms. The van der Waals surface area contributed by atoms with E-state index < -0.39 is 0 Å². The van der Waals surface area contributed by atoms with Gasteiger partial charge in [-0.3, -0.25) is 0 Å². The molecular weight excluding hydrogens is 192 g/mol. The molecule has 0 saturated carbocycles. The third-order valence-corrected chi connectivity index (χ3v) is 1.79. The van der Waals surface area contributed by atoms with Gasteiger partial charge in [0, 0.05) is 18.0 Å². The van der Waals surface area contributed by atoms with Gasteiger partial charge in [0.15, 0.2) is 0 Å². The van der Waals surface area contributed by atoms with Crippen LogP contribution in [-0.2, 0) is 0 Å². The van der Waals surface area contributed by atoms with E-state index in [2.05, 4.69) is 15.3 Å². The molecule has 5 heteroatoms. The summed E-state index contributed by atoms with van der Waals surface area (Å²) in [6.07, 6.45) is 1.56. The number of benzene rings is 1. The van der Waals surface area contributed by atoms with E-state index in [0.717, 1.165) is 5.69 Å². The highest BCUT2D eigenvalue weighted by Crippen LogP contribution is 2.19. The lowest BCUT2D eigenvalue weighted by molar-refractivity contribution is 0.475. The van der Waals surface area contributed by atoms with Gasteiger partial charge in [-0.25, -0.2) is 4.98 Å². The number of nitrogens with two attached hydrogens (primary N) is 1. The Bertz CT molecular complexity index is 429. The second-order valence-corrected chi connectivity index (χ2v) is 2.98. The molecule has 1 aromatic heterocycles. The van der Waals surface area contributed by atoms with Gasteiger partial charge in [-0.1, -0.05) is 6.07 Å². The predicted molar refractivity (Wildman–Crippen MR) is 57.8 cm³/mol. The highest BCUT2D eigenvalue weighted by atomic mass is 16.3. The van der Waals surface area contributed by atoms with Crippen molar-refractivity contribution in [3.05, 3.63) is 36.5 Å². The third-order valence-electron chi connectivity index (χ3n) is 1.79. The number of aromatic hydroxyl groups is 1. The van der Waals surface area contributed by atoms with Crippen molar-refractivity contribution in [3.63, 3.8) is 0 Å². The lowest BCUT2D eigenvalue weighted by Crippen LogP contribution is -1.98. The minimum atomic E-state index is 0.196. The van der Waals surface area contributed by atoms with Gasteiger partial charge in [-0.15, -0.1) is 0 Å². The van der Waals surface area contributed by atoms with E-state index in [0.29, 0.717) is 5.82 Å². The zero-order valence-electron chi connectivity index (χ0n) is 7.88. The molecule has 0 aliphatic carbocycles. The molecule has 1 aromatic carbocycles. The maximum Gasteiger partial charge on any atom is 0.221 e. The number of rotatable bonds is 2. The second kappa shape index (κ2) is 3.83. The molecule has 0 saturated heterocycles. The Hall–Kier alpha value is -2.30. The Balaban J connectivity index is 2.22. The van der Waals surface area contributed by atoms with Crippen LogP contribution in [0.4, 0.5) is 17.5 Å². The topological polar surface area (TPSA) is 84.1 Å². The smallest absolute Gasteiger partial charge is 0.221 e. The van der Waals surface area contributed by atoms with Gasteiger partial charge < -0.3 is 16.2 Å². The standard InChI is InChI=1S/C10H10N4O/c11-10-12-5-4-9(14-10)13-7-2-1-3-8(15)6-7/h1-6,15H,(H3,11,12,13,14). The first kappa shape index (κ1) is 9.26. The number of phenolic OH excluding ortho intramolecular Hbond substituents is 1. The van der Waals surface area contributed by atoms with Crippen LogP contribution in [0.2, 0.25) is 0 Å². The number of nitrogens with one attached hydrogen (secondary N) is 1. The number of aromatic nitrogens is 2. The Morgan fingerprint density at radius 1 is 1.27 bits per heavy atom. The van der Waals surface area contributed by atoms with Crippen molar-refractivity contribution in [3.8, 4) is 5.75 Å². The van der Waals surface area contributed by atoms with Crippen LogP contribution in [0.15, 0.2) is 36.5 Å². The van der Waals surface area contributed by atoms with Gasteiger partial charge in [0.25, 0.3) is 0 Å². The lowest BCUT2D eigenvalue weighted by Gasteiger charge is -2.05. The summed E-state index contributed by atoms with van der Waals surface area (Å²) in [5.41, 5.74) is 6.17. The van der Waals surface area contributed by atoms with Crippen molar-refractivity contribution in [1.29, 1.82) is 0 Å². The van der Waals surface area contributed by atoms with E-state index in [1.54, 1.807) is 30.5 Å². The molecule has 0 aliphatic rings. The number of hydrogen-bond donors (Lipinski definition) is 3. The Morgan fingerprint density at radius 2 is 2.13 bits per heavy atom. The summed E-state index contributed by atoms with van der Waals surface area (Å²) in [5.74, 6) is 0.996. The minimum absolute atomic E-state index is 0.196. The first-order valence-electron chi connectivity index (χ1n) is 4.38. The van der Waals surface area contributed by atoms with Crippen LogP contribution in [0.1, 0.15) is 0 Å². The van der Waals surface area contributed by atoms with Crippen LogP contribution in [0.3, 0.4) is 0 Å². The molecule has 0 radical (unpaired) electrons. The first-order chi connectivity index (χ1) is 7.24. The zero-order valence-corrected chi connectivity index (χ0v) is 7.88. The van der Waals surface area contributed by atoms with Crippen molar-refractivity contribution in [2.75, 3.05) is 11.1 Å². The van der Waals surface area contributed by atoms with Crippen molar-refractivity contribution < 1.29 is 5.11 Å². The van der Waals surface area contributed by atoms with E-state index in [1.807, 2.05) is 6.07 Å². The summed E-state index contributed by atoms with van der Waals surface area (Å²) in [6, 6.07) is 8.44. The number of phenols is 1. The third kappa shape index (κ3) is 2.34. The Labute approximate surface area is 86.6 Å². The second-order valence-electron chi connectivity index (χ2n) is 2.98. The summed E-state index contributed by atoms with van der Waals surface area (Å²) < 4.78 is 0. The molecule has 76 valence electrons. The molecule has 0 aliphatic heterocycles. The molecule has 0 atom stereocenters. The average molecular weight is 202 g/mol. The predicted octanol–water partition coefficient (Wildman–Crippen LogP) is 1.51. The summed E-state index contributed by atoms with van der Waals surface area (Å²) in [5, 5.41) is 12.2. The molecule has 2 aromatic rings. The van der Waals surface area contributed by atoms with E-state index in [9.17, 15) is 5.11 Å². The van der Waals surface area contributed by atoms with E-state index >= 15 is 0 Å². The monoisotopic (exact) mass is 202 g/mol. The highest BCUT2D eigenvalue weighted by Gasteiger charge is 1.97. The SMILES string of the molecule is Nc1nccc(Nc2cccc(O)c2)n1. The fraction of sp³-hybridized carbons (Fsp3) is 0. The van der Waals surface area contributed by atoms with Crippen molar-refractivity contribution >= 4 is 17.5 Å². The van der Waals surface area contributed by atoms with Crippen molar-refractivity contribution in [2.24, 2.45) is 0 Å². The summed E-state index contributed by atoms with van der Waals surface area (Å²) >= 11 is 0. The molecule has 5 nitrogen and oxygen atoms in total. The molecular formula is C10H10N4O. The van der Waals surface area contributed by atoms with Crippen LogP contribution in [0, 0.1) is 0 Å². The molecule has 0 unspecified atom stereocenters. The maximum atomic E-state index is 9.25. The number of nitrogens with zero attached hydrogens (tertiary/aromatic N) is 2. The molecule has 0 amide bonds. The highest BCUT2D eigenvalue weighted by molar-refractivity contribution is 5.58. The van der Waals surface area contributed by atoms with Crippen LogP contribution in [-0.4, -0.2) is 15.1 Å². The van der Waals surface area contributed by atoms with Gasteiger partial charge in [-0.2, -0.15) is 4.98 Å². The summed E-state index contributed by atoms with van der Waals surface area (Å²) in [7, 11) is 0. The molecule has 2 rings (SSSR count). The Kier molecular flexibility index (Phi) is 2.37. The van der Waals surface area contributed by atoms with E-state index in [-0.39, 0.29) is 11.7 Å². The van der Waals surface area contributed by atoms with Gasteiger partial charge in [0.2, 0.25) is 5.95 Å². The van der Waals surface area contributed by atoms with Crippen LogP contribution in [0.25, 0.3) is 0 Å². The van der Waals surface area contributed by atoms with Crippen LogP contribution >= 0.6 is 0 Å². The largest absolute Gasteiger partial charge is 0.508 e. The van der Waals surface area contributed by atoms with E-state index in [1.165, 1.54) is 0 Å². The number of hydrogen-bond acceptors (Lipinski definition) is 5. The number of anilines is 3. The zero-order chi connectivity index (χ0) is 10.7. The summed E-state index contributed by atoms with van der Waals surface area (Å²) in [6.45, 7) is 0. The van der Waals surface area contributed by atoms with Gasteiger partial charge in [0.05, 0.1) is 0 Å². The fourth-order valence-corrected chi connectivity index (χ4v) is 1.17. The first-order valence-corrected chi connectivity index (χ1v) is 4.38. The quantitative estimate of drug-likeness (QED) is 0.687. The van der Waals surface area contributed by atoms with E-state index in [4.69, 9.17) is 5.73 Å². The van der Waals surface area contributed by atoms with Gasteiger partial charge in [-0.05, 0) is 18.2 Å². The van der Waals surface area contributed by atoms with Crippen molar-refractivity contribution in [2.45, 2.75) is 0 Å². The van der Waals surface area contributed by atoms with Gasteiger partial charge >= 0.3 is 0 Å². The molecule has 0 spiro atoms. The average Bonchev–Trinajstić information content (AvgIpc) is 2.17. The molecule has 0 bridgehead atoms. The van der Waals surface area contributed by atoms with Gasteiger partial charge in [0.1, 0.15) is 11.6 Å². The number of nitrogen functional groups attached to an aromatic ring is 1. The fourth-order valence-electron chi connectivity index (χ4n) is 1.17. The molecule has 1 heterocycles.